The average Bonchev–Trinajstić information content (AvgIpc) is 1.95. The van der Waals surface area contributed by atoms with Crippen LogP contribution >= 0.6 is 0 Å². The molecule has 0 heterocycles. The number of benzene rings is 1. The van der Waals surface area contributed by atoms with Crippen molar-refractivity contribution < 1.29 is 10.2 Å². The van der Waals surface area contributed by atoms with E-state index in [4.69, 9.17) is 11.0 Å². The standard InChI is InChI=1S/C6H8N2O2/c7-5-1-3-6(4-2-5)8-10-9/h1-4,8-9H,7H2. The van der Waals surface area contributed by atoms with Gasteiger partial charge in [0.2, 0.25) is 0 Å². The zero-order valence-corrected chi connectivity index (χ0v) is 5.24. The first-order valence-electron chi connectivity index (χ1n) is 2.75. The van der Waals surface area contributed by atoms with Crippen LogP contribution in [0.5, 0.6) is 0 Å². The van der Waals surface area contributed by atoms with Crippen LogP contribution in [0.3, 0.4) is 0 Å². The lowest BCUT2D eigenvalue weighted by Crippen LogP contribution is -1.95. The lowest BCUT2D eigenvalue weighted by atomic mass is 10.3. The van der Waals surface area contributed by atoms with E-state index in [2.05, 4.69) is 10.5 Å². The Kier molecular flexibility index (Phi) is 2.09. The fraction of sp³-hybridized carbons (Fsp3) is 0. The van der Waals surface area contributed by atoms with Crippen LogP contribution in [0.4, 0.5) is 11.4 Å². The number of hydrogen-bond donors (Lipinski definition) is 3. The summed E-state index contributed by atoms with van der Waals surface area (Å²) in [6, 6.07) is 6.76. The molecule has 0 aromatic heterocycles. The van der Waals surface area contributed by atoms with Crippen molar-refractivity contribution >= 4 is 11.4 Å². The van der Waals surface area contributed by atoms with Gasteiger partial charge < -0.3 is 5.73 Å². The zero-order valence-electron chi connectivity index (χ0n) is 5.24. The lowest BCUT2D eigenvalue weighted by Gasteiger charge is -1.99. The Labute approximate surface area is 58.1 Å². The van der Waals surface area contributed by atoms with Crippen molar-refractivity contribution in [1.82, 2.24) is 0 Å². The highest BCUT2D eigenvalue weighted by atomic mass is 17.2. The van der Waals surface area contributed by atoms with Crippen LogP contribution in [0, 0.1) is 0 Å². The molecule has 4 heteroatoms. The first-order valence-corrected chi connectivity index (χ1v) is 2.75. The highest BCUT2D eigenvalue weighted by Crippen LogP contribution is 2.09. The van der Waals surface area contributed by atoms with E-state index in [0.717, 1.165) is 0 Å². The molecule has 0 unspecified atom stereocenters. The Morgan fingerprint density at radius 2 is 1.90 bits per heavy atom. The van der Waals surface area contributed by atoms with Gasteiger partial charge in [-0.25, -0.2) is 10.7 Å². The Morgan fingerprint density at radius 1 is 1.30 bits per heavy atom. The van der Waals surface area contributed by atoms with E-state index in [1.807, 2.05) is 0 Å². The summed E-state index contributed by atoms with van der Waals surface area (Å²) >= 11 is 0. The minimum absolute atomic E-state index is 0.650. The second-order valence-electron chi connectivity index (χ2n) is 1.82. The molecular weight excluding hydrogens is 132 g/mol. The number of rotatable bonds is 2. The predicted molar refractivity (Wildman–Crippen MR) is 38.2 cm³/mol. The Bertz CT molecular complexity index is 197. The molecule has 0 spiro atoms. The molecule has 10 heavy (non-hydrogen) atoms. The van der Waals surface area contributed by atoms with Crippen LogP contribution < -0.4 is 11.2 Å². The SMILES string of the molecule is Nc1ccc(NOO)cc1. The number of anilines is 2. The largest absolute Gasteiger partial charge is 0.399 e. The highest BCUT2D eigenvalue weighted by molar-refractivity contribution is 5.49. The van der Waals surface area contributed by atoms with Crippen LogP contribution in [0.1, 0.15) is 0 Å². The molecule has 1 aromatic carbocycles. The fourth-order valence-electron chi connectivity index (χ4n) is 0.604. The fourth-order valence-corrected chi connectivity index (χ4v) is 0.604. The minimum atomic E-state index is 0.650. The van der Waals surface area contributed by atoms with Crippen molar-refractivity contribution in [2.45, 2.75) is 0 Å². The van der Waals surface area contributed by atoms with Gasteiger partial charge in [0, 0.05) is 5.69 Å². The third-order valence-electron chi connectivity index (χ3n) is 1.07. The number of hydrogen-bond acceptors (Lipinski definition) is 4. The molecule has 0 saturated carbocycles. The molecule has 0 aliphatic heterocycles. The third kappa shape index (κ3) is 1.61. The van der Waals surface area contributed by atoms with Gasteiger partial charge in [-0.05, 0) is 24.3 Å². The van der Waals surface area contributed by atoms with Crippen molar-refractivity contribution in [1.29, 1.82) is 0 Å². The highest BCUT2D eigenvalue weighted by Gasteiger charge is 1.87. The van der Waals surface area contributed by atoms with Gasteiger partial charge in [0.25, 0.3) is 0 Å². The van der Waals surface area contributed by atoms with Crippen LogP contribution in [0.25, 0.3) is 0 Å². The maximum atomic E-state index is 7.95. The molecule has 1 aromatic rings. The summed E-state index contributed by atoms with van der Waals surface area (Å²) in [5.74, 6) is 0. The van der Waals surface area contributed by atoms with Crippen LogP contribution in [0.2, 0.25) is 0 Å². The second kappa shape index (κ2) is 3.05. The van der Waals surface area contributed by atoms with Gasteiger partial charge in [-0.3, -0.25) is 0 Å². The molecule has 0 bridgehead atoms. The van der Waals surface area contributed by atoms with E-state index >= 15 is 0 Å². The zero-order chi connectivity index (χ0) is 7.40. The summed E-state index contributed by atoms with van der Waals surface area (Å²) in [4.78, 5) is 3.68. The summed E-state index contributed by atoms with van der Waals surface area (Å²) in [6.07, 6.45) is 0. The van der Waals surface area contributed by atoms with Gasteiger partial charge in [-0.15, -0.1) is 4.99 Å². The van der Waals surface area contributed by atoms with Crippen LogP contribution in [-0.2, 0) is 4.99 Å². The summed E-state index contributed by atoms with van der Waals surface area (Å²) in [5, 5.41) is 7.95. The van der Waals surface area contributed by atoms with E-state index in [1.54, 1.807) is 24.3 Å². The first-order chi connectivity index (χ1) is 4.83. The molecule has 4 nitrogen and oxygen atoms in total. The van der Waals surface area contributed by atoms with Crippen molar-refractivity contribution in [3.05, 3.63) is 24.3 Å². The molecule has 1 rings (SSSR count). The maximum absolute atomic E-state index is 7.95. The van der Waals surface area contributed by atoms with Crippen molar-refractivity contribution in [2.24, 2.45) is 0 Å². The molecule has 4 N–H and O–H groups in total. The van der Waals surface area contributed by atoms with Gasteiger partial charge in [0.1, 0.15) is 0 Å². The predicted octanol–water partition coefficient (Wildman–Crippen LogP) is 1.09. The van der Waals surface area contributed by atoms with Gasteiger partial charge in [-0.1, -0.05) is 0 Å². The van der Waals surface area contributed by atoms with Gasteiger partial charge in [0.05, 0.1) is 5.69 Å². The first kappa shape index (κ1) is 6.85. The molecule has 0 atom stereocenters. The minimum Gasteiger partial charge on any atom is -0.399 e. The monoisotopic (exact) mass is 140 g/mol. The van der Waals surface area contributed by atoms with Crippen molar-refractivity contribution in [2.75, 3.05) is 11.2 Å². The molecule has 0 aliphatic rings. The maximum Gasteiger partial charge on any atom is 0.0636 e. The Balaban J connectivity index is 2.69. The van der Waals surface area contributed by atoms with E-state index in [-0.39, 0.29) is 0 Å². The molecule has 0 aliphatic carbocycles. The van der Waals surface area contributed by atoms with Crippen molar-refractivity contribution in [3.8, 4) is 0 Å². The molecular formula is C6H8N2O2. The average molecular weight is 140 g/mol. The van der Waals surface area contributed by atoms with Gasteiger partial charge in [0.15, 0.2) is 0 Å². The van der Waals surface area contributed by atoms with E-state index in [1.165, 1.54) is 0 Å². The van der Waals surface area contributed by atoms with Gasteiger partial charge >= 0.3 is 0 Å². The van der Waals surface area contributed by atoms with Gasteiger partial charge in [-0.2, -0.15) is 0 Å². The number of nitrogens with one attached hydrogen (secondary N) is 1. The number of nitrogens with two attached hydrogens (primary N) is 1. The van der Waals surface area contributed by atoms with Crippen LogP contribution in [-0.4, -0.2) is 5.26 Å². The summed E-state index contributed by atoms with van der Waals surface area (Å²) < 4.78 is 0. The van der Waals surface area contributed by atoms with Crippen molar-refractivity contribution in [3.63, 3.8) is 0 Å². The summed E-state index contributed by atoms with van der Waals surface area (Å²) in [5.41, 5.74) is 8.95. The molecule has 0 radical (unpaired) electrons. The smallest absolute Gasteiger partial charge is 0.0636 e. The quantitative estimate of drug-likeness (QED) is 0.326. The van der Waals surface area contributed by atoms with E-state index in [0.29, 0.717) is 11.4 Å². The topological polar surface area (TPSA) is 67.5 Å². The van der Waals surface area contributed by atoms with Crippen LogP contribution in [0.15, 0.2) is 24.3 Å². The summed E-state index contributed by atoms with van der Waals surface area (Å²) in [6.45, 7) is 0. The Hall–Kier alpha value is -1.26. The van der Waals surface area contributed by atoms with E-state index < -0.39 is 0 Å². The molecule has 0 amide bonds. The van der Waals surface area contributed by atoms with E-state index in [9.17, 15) is 0 Å². The summed E-state index contributed by atoms with van der Waals surface area (Å²) in [7, 11) is 0. The second-order valence-corrected chi connectivity index (χ2v) is 1.82. The molecule has 0 saturated heterocycles. The molecule has 54 valence electrons. The normalized spacial score (nSPS) is 9.30. The Morgan fingerprint density at radius 3 is 2.40 bits per heavy atom. The molecule has 0 fully saturated rings. The lowest BCUT2D eigenvalue weighted by molar-refractivity contribution is -0.215. The number of nitrogen functional groups attached to an aromatic ring is 1. The third-order valence-corrected chi connectivity index (χ3v) is 1.07.